The number of nitrogens with one attached hydrogen (secondary N) is 1. The van der Waals surface area contributed by atoms with E-state index in [1.54, 1.807) is 11.3 Å². The molecule has 1 saturated heterocycles. The fraction of sp³-hybridized carbons (Fsp3) is 0.667. The Morgan fingerprint density at radius 2 is 2.24 bits per heavy atom. The maximum Gasteiger partial charge on any atom is 0.0934 e. The highest BCUT2D eigenvalue weighted by atomic mass is 35.5. The number of halogens is 1. The number of morpholine rings is 1. The molecule has 3 nitrogen and oxygen atoms in total. The number of hydrazine groups is 1. The first-order chi connectivity index (χ1) is 8.33. The van der Waals surface area contributed by atoms with Crippen molar-refractivity contribution in [3.05, 3.63) is 20.8 Å². The number of nitrogens with zero attached hydrogens (tertiary/aromatic N) is 1. The molecule has 3 rings (SSSR count). The third kappa shape index (κ3) is 2.66. The molecule has 2 heterocycles. The first-order valence-corrected chi connectivity index (χ1v) is 7.39. The van der Waals surface area contributed by atoms with Crippen LogP contribution in [0.25, 0.3) is 0 Å². The zero-order valence-electron chi connectivity index (χ0n) is 9.75. The summed E-state index contributed by atoms with van der Waals surface area (Å²) in [5.41, 5.74) is 5.04. The fourth-order valence-electron chi connectivity index (χ4n) is 2.57. The molecule has 1 unspecified atom stereocenters. The quantitative estimate of drug-likeness (QED) is 0.896. The molecule has 2 aliphatic rings. The average Bonchev–Trinajstić information content (AvgIpc) is 2.72. The second-order valence-corrected chi connectivity index (χ2v) is 6.37. The van der Waals surface area contributed by atoms with Gasteiger partial charge in [0.15, 0.2) is 0 Å². The Bertz CT molecular complexity index is 390. The summed E-state index contributed by atoms with van der Waals surface area (Å²) < 4.78 is 6.28. The molecule has 1 aliphatic heterocycles. The molecule has 1 aromatic heterocycles. The number of hydrogen-bond donors (Lipinski definition) is 1. The van der Waals surface area contributed by atoms with Gasteiger partial charge in [-0.15, -0.1) is 11.3 Å². The summed E-state index contributed by atoms with van der Waals surface area (Å²) in [6.45, 7) is 3.61. The number of hydrogen-bond acceptors (Lipinski definition) is 4. The van der Waals surface area contributed by atoms with Gasteiger partial charge in [0, 0.05) is 24.0 Å². The molecule has 0 radical (unpaired) electrons. The van der Waals surface area contributed by atoms with E-state index in [1.165, 1.54) is 29.7 Å². The molecule has 94 valence electrons. The summed E-state index contributed by atoms with van der Waals surface area (Å²) in [7, 11) is 0. The Balaban J connectivity index is 1.71. The molecule has 1 aromatic rings. The van der Waals surface area contributed by atoms with Gasteiger partial charge in [-0.05, 0) is 30.9 Å². The topological polar surface area (TPSA) is 24.5 Å². The van der Waals surface area contributed by atoms with Crippen LogP contribution >= 0.6 is 22.9 Å². The van der Waals surface area contributed by atoms with Crippen molar-refractivity contribution in [3.8, 4) is 0 Å². The minimum Gasteiger partial charge on any atom is -0.379 e. The zero-order chi connectivity index (χ0) is 11.7. The van der Waals surface area contributed by atoms with Crippen molar-refractivity contribution in [2.75, 3.05) is 26.3 Å². The van der Waals surface area contributed by atoms with Crippen LogP contribution in [0.2, 0.25) is 4.34 Å². The van der Waals surface area contributed by atoms with Crippen molar-refractivity contribution in [1.82, 2.24) is 10.4 Å². The van der Waals surface area contributed by atoms with E-state index in [-0.39, 0.29) is 0 Å². The van der Waals surface area contributed by atoms with Crippen LogP contribution in [0.15, 0.2) is 6.07 Å². The Morgan fingerprint density at radius 3 is 3.06 bits per heavy atom. The second-order valence-electron chi connectivity index (χ2n) is 4.60. The third-order valence-electron chi connectivity index (χ3n) is 3.43. The van der Waals surface area contributed by atoms with Crippen LogP contribution in [0.4, 0.5) is 0 Å². The molecule has 1 fully saturated rings. The smallest absolute Gasteiger partial charge is 0.0934 e. The molecule has 1 atom stereocenters. The fourth-order valence-corrected chi connectivity index (χ4v) is 3.95. The van der Waals surface area contributed by atoms with Crippen molar-refractivity contribution in [3.63, 3.8) is 0 Å². The Morgan fingerprint density at radius 1 is 1.41 bits per heavy atom. The first-order valence-electron chi connectivity index (χ1n) is 6.20. The van der Waals surface area contributed by atoms with Crippen LogP contribution in [0.3, 0.4) is 0 Å². The van der Waals surface area contributed by atoms with Crippen LogP contribution in [0.1, 0.15) is 29.3 Å². The minimum absolute atomic E-state index is 0.445. The molecular formula is C12H17ClN2OS. The van der Waals surface area contributed by atoms with Gasteiger partial charge in [-0.1, -0.05) is 11.6 Å². The van der Waals surface area contributed by atoms with Crippen LogP contribution in [0.5, 0.6) is 0 Å². The van der Waals surface area contributed by atoms with E-state index in [0.29, 0.717) is 6.04 Å². The van der Waals surface area contributed by atoms with E-state index in [9.17, 15) is 0 Å². The van der Waals surface area contributed by atoms with Crippen LogP contribution in [-0.2, 0) is 11.2 Å². The summed E-state index contributed by atoms with van der Waals surface area (Å²) in [5.74, 6) is 0. The monoisotopic (exact) mass is 272 g/mol. The van der Waals surface area contributed by atoms with E-state index in [0.717, 1.165) is 30.6 Å². The lowest BCUT2D eigenvalue weighted by Gasteiger charge is -2.33. The summed E-state index contributed by atoms with van der Waals surface area (Å²) in [4.78, 5) is 1.46. The van der Waals surface area contributed by atoms with Crippen molar-refractivity contribution in [1.29, 1.82) is 0 Å². The highest BCUT2D eigenvalue weighted by molar-refractivity contribution is 7.16. The number of aryl methyl sites for hydroxylation is 1. The lowest BCUT2D eigenvalue weighted by molar-refractivity contribution is 0.00195. The van der Waals surface area contributed by atoms with Crippen molar-refractivity contribution in [2.45, 2.75) is 25.3 Å². The number of thiophene rings is 1. The van der Waals surface area contributed by atoms with Gasteiger partial charge < -0.3 is 4.74 Å². The number of rotatable bonds is 2. The summed E-state index contributed by atoms with van der Waals surface area (Å²) in [5, 5.41) is 2.29. The summed E-state index contributed by atoms with van der Waals surface area (Å²) >= 11 is 7.85. The molecule has 17 heavy (non-hydrogen) atoms. The van der Waals surface area contributed by atoms with E-state index < -0.39 is 0 Å². The second kappa shape index (κ2) is 5.24. The van der Waals surface area contributed by atoms with E-state index >= 15 is 0 Å². The maximum absolute atomic E-state index is 6.12. The van der Waals surface area contributed by atoms with Gasteiger partial charge in [-0.3, -0.25) is 0 Å². The van der Waals surface area contributed by atoms with Gasteiger partial charge in [0.05, 0.1) is 17.6 Å². The van der Waals surface area contributed by atoms with Gasteiger partial charge >= 0.3 is 0 Å². The minimum atomic E-state index is 0.445. The number of ether oxygens (including phenoxy) is 1. The molecule has 1 aliphatic carbocycles. The zero-order valence-corrected chi connectivity index (χ0v) is 11.3. The average molecular weight is 273 g/mol. The van der Waals surface area contributed by atoms with Crippen molar-refractivity contribution >= 4 is 22.9 Å². The third-order valence-corrected chi connectivity index (χ3v) is 4.77. The predicted octanol–water partition coefficient (Wildman–Crippen LogP) is 2.62. The Kier molecular flexibility index (Phi) is 3.68. The molecule has 0 bridgehead atoms. The summed E-state index contributed by atoms with van der Waals surface area (Å²) in [6, 6.07) is 2.58. The maximum atomic E-state index is 6.12. The van der Waals surface area contributed by atoms with Gasteiger partial charge in [-0.2, -0.15) is 0 Å². The number of fused-ring (bicyclic) bond motifs is 1. The van der Waals surface area contributed by atoms with Crippen LogP contribution in [0, 0.1) is 0 Å². The Labute approximate surface area is 111 Å². The van der Waals surface area contributed by atoms with Crippen LogP contribution in [-0.4, -0.2) is 31.3 Å². The largest absolute Gasteiger partial charge is 0.379 e. The highest BCUT2D eigenvalue weighted by Gasteiger charge is 2.24. The van der Waals surface area contributed by atoms with Gasteiger partial charge in [0.25, 0.3) is 0 Å². The van der Waals surface area contributed by atoms with Gasteiger partial charge in [0.1, 0.15) is 0 Å². The lowest BCUT2D eigenvalue weighted by atomic mass is 9.94. The van der Waals surface area contributed by atoms with Crippen molar-refractivity contribution in [2.24, 2.45) is 0 Å². The van der Waals surface area contributed by atoms with Gasteiger partial charge in [-0.25, -0.2) is 10.4 Å². The van der Waals surface area contributed by atoms with E-state index in [2.05, 4.69) is 16.5 Å². The van der Waals surface area contributed by atoms with Crippen molar-refractivity contribution < 1.29 is 4.74 Å². The molecule has 5 heteroatoms. The standard InChI is InChI=1S/C12H17ClN2OS/c13-12-8-9-10(2-1-3-11(9)17-12)14-15-4-6-16-7-5-15/h8,10,14H,1-7H2. The first kappa shape index (κ1) is 11.9. The molecule has 0 saturated carbocycles. The predicted molar refractivity (Wildman–Crippen MR) is 70.5 cm³/mol. The molecule has 0 aromatic carbocycles. The SMILES string of the molecule is Clc1cc2c(s1)CCCC2NN1CCOCC1. The molecule has 0 amide bonds. The van der Waals surface area contributed by atoms with E-state index in [4.69, 9.17) is 16.3 Å². The highest BCUT2D eigenvalue weighted by Crippen LogP contribution is 2.37. The van der Waals surface area contributed by atoms with Gasteiger partial charge in [0.2, 0.25) is 0 Å². The molecule has 1 N–H and O–H groups in total. The molecular weight excluding hydrogens is 256 g/mol. The Hall–Kier alpha value is -0.130. The molecule has 0 spiro atoms. The normalized spacial score (nSPS) is 25.8. The lowest BCUT2D eigenvalue weighted by Crippen LogP contribution is -2.47. The summed E-state index contributed by atoms with van der Waals surface area (Å²) in [6.07, 6.45) is 3.65. The van der Waals surface area contributed by atoms with E-state index in [1.807, 2.05) is 0 Å². The van der Waals surface area contributed by atoms with Crippen LogP contribution < -0.4 is 5.43 Å².